The molecule has 35 heteroatoms. The van der Waals surface area contributed by atoms with E-state index in [4.69, 9.17) is 52.7 Å². The lowest BCUT2D eigenvalue weighted by Crippen LogP contribution is -2.67. The average Bonchev–Trinajstić information content (AvgIpc) is 0.770. The van der Waals surface area contributed by atoms with Gasteiger partial charge in [-0.05, 0) is 103 Å². The van der Waals surface area contributed by atoms with Crippen molar-refractivity contribution in [3.63, 3.8) is 0 Å². The number of amides is 8. The summed E-state index contributed by atoms with van der Waals surface area (Å²) in [5.74, 6) is -15.5. The molecule has 6 heterocycles. The number of likely N-dealkylation sites (N-methyl/N-ethyl adjacent to an activating group) is 1. The van der Waals surface area contributed by atoms with Crippen molar-refractivity contribution in [1.29, 1.82) is 0 Å². The molecule has 0 spiro atoms. The number of hydrogen-bond acceptors (Lipinski definition) is 24. The number of aliphatic hydroxyl groups excluding tert-OH is 5. The van der Waals surface area contributed by atoms with Crippen LogP contribution in [0.4, 0.5) is 0 Å². The van der Waals surface area contributed by atoms with E-state index in [-0.39, 0.29) is 57.0 Å². The molecule has 107 heavy (non-hydrogen) atoms. The van der Waals surface area contributed by atoms with Crippen LogP contribution < -0.4 is 62.5 Å². The summed E-state index contributed by atoms with van der Waals surface area (Å²) >= 11 is 14.1. The van der Waals surface area contributed by atoms with Gasteiger partial charge < -0.3 is 113 Å². The third-order valence-corrected chi connectivity index (χ3v) is 19.2. The number of hydroxylamine groups is 2. The largest absolute Gasteiger partial charge is 0.508 e. The van der Waals surface area contributed by atoms with Crippen molar-refractivity contribution in [2.75, 3.05) is 33.9 Å². The van der Waals surface area contributed by atoms with E-state index in [0.717, 1.165) is 92.1 Å². The van der Waals surface area contributed by atoms with Gasteiger partial charge >= 0.3 is 5.97 Å². The van der Waals surface area contributed by atoms with E-state index in [1.807, 2.05) is 13.8 Å². The van der Waals surface area contributed by atoms with Crippen molar-refractivity contribution in [1.82, 2.24) is 47.6 Å². The molecule has 0 unspecified atom stereocenters. The first-order valence-corrected chi connectivity index (χ1v) is 35.4. The summed E-state index contributed by atoms with van der Waals surface area (Å²) in [6, 6.07) is -1.17. The molecule has 0 aromatic heterocycles. The van der Waals surface area contributed by atoms with Gasteiger partial charge in [0, 0.05) is 29.2 Å². The zero-order chi connectivity index (χ0) is 77.8. The molecular formula is C72H88Cl2N10O23. The third kappa shape index (κ3) is 19.4. The minimum atomic E-state index is -2.27. The Morgan fingerprint density at radius 1 is 0.673 bits per heavy atom. The number of hydrogen-bond donors (Lipinski definition) is 18. The number of rotatable bonds is 24. The fourth-order valence-electron chi connectivity index (χ4n) is 13.1. The van der Waals surface area contributed by atoms with E-state index < -0.39 is 221 Å². The lowest BCUT2D eigenvalue weighted by molar-refractivity contribution is -0.314. The van der Waals surface area contributed by atoms with Crippen LogP contribution in [0.3, 0.4) is 0 Å². The number of nitrogens with two attached hydrogens (primary N) is 1. The molecule has 0 radical (unpaired) electrons. The smallest absolute Gasteiger partial charge is 0.330 e. The summed E-state index contributed by atoms with van der Waals surface area (Å²) in [4.78, 5) is 136. The predicted molar refractivity (Wildman–Crippen MR) is 380 cm³/mol. The maximum atomic E-state index is 16.0. The number of primary amides is 1. The number of aliphatic carboxylic acids is 1. The Kier molecular flexibility index (Phi) is 27.6. The summed E-state index contributed by atoms with van der Waals surface area (Å²) in [7, 11) is 2.68. The van der Waals surface area contributed by atoms with Gasteiger partial charge in [0.1, 0.15) is 96.1 Å². The van der Waals surface area contributed by atoms with Crippen molar-refractivity contribution in [2.45, 2.75) is 170 Å². The topological polar surface area (TPSA) is 507 Å². The van der Waals surface area contributed by atoms with Crippen LogP contribution in [-0.4, -0.2) is 193 Å². The molecule has 578 valence electrons. The Morgan fingerprint density at radius 2 is 1.28 bits per heavy atom. The van der Waals surface area contributed by atoms with Gasteiger partial charge in [-0.15, -0.1) is 0 Å². The molecule has 5 aromatic rings. The first-order valence-electron chi connectivity index (χ1n) is 34.7. The van der Waals surface area contributed by atoms with Crippen LogP contribution >= 0.6 is 23.2 Å². The number of unbranched alkanes of at least 4 members (excludes halogenated alkanes) is 6. The molecule has 11 rings (SSSR count). The van der Waals surface area contributed by atoms with Gasteiger partial charge in [0.2, 0.25) is 53.0 Å². The highest BCUT2D eigenvalue weighted by Gasteiger charge is 2.48. The van der Waals surface area contributed by atoms with Crippen LogP contribution in [-0.2, 0) is 52.7 Å². The lowest BCUT2D eigenvalue weighted by Gasteiger charge is -2.45. The molecule has 1 fully saturated rings. The molecule has 1 saturated heterocycles. The maximum absolute atomic E-state index is 16.0. The summed E-state index contributed by atoms with van der Waals surface area (Å²) < 4.78 is 25.9. The minimum absolute atomic E-state index is 0.0838. The van der Waals surface area contributed by atoms with E-state index in [0.29, 0.717) is 6.42 Å². The number of carboxylic acids is 1. The first kappa shape index (κ1) is 81.4. The van der Waals surface area contributed by atoms with E-state index in [9.17, 15) is 74.7 Å². The number of aromatic hydroxyl groups is 3. The number of carbonyl (C=O) groups excluding carboxylic acids is 8. The molecule has 6 aliphatic heterocycles. The van der Waals surface area contributed by atoms with Crippen molar-refractivity contribution >= 4 is 76.4 Å². The van der Waals surface area contributed by atoms with Crippen LogP contribution in [0.25, 0.3) is 11.1 Å². The van der Waals surface area contributed by atoms with Crippen LogP contribution in [0.15, 0.2) is 78.9 Å². The van der Waals surface area contributed by atoms with Crippen molar-refractivity contribution in [2.24, 2.45) is 11.7 Å². The Balaban J connectivity index is 1.21. The highest BCUT2D eigenvalue weighted by atomic mass is 35.5. The molecule has 11 bridgehead atoms. The lowest BCUT2D eigenvalue weighted by atomic mass is 9.89. The van der Waals surface area contributed by atoms with Gasteiger partial charge in [0.25, 0.3) is 0 Å². The van der Waals surface area contributed by atoms with E-state index in [2.05, 4.69) is 49.5 Å². The first-order chi connectivity index (χ1) is 50.9. The number of nitrogens with zero attached hydrogens (tertiary/aromatic N) is 1. The predicted octanol–water partition coefficient (Wildman–Crippen LogP) is 3.00. The number of aliphatic hydroxyl groups is 5. The van der Waals surface area contributed by atoms with Gasteiger partial charge in [-0.25, -0.2) is 4.79 Å². The molecule has 0 saturated carbocycles. The molecule has 6 aliphatic rings. The number of benzene rings is 5. The summed E-state index contributed by atoms with van der Waals surface area (Å²) in [6.07, 6.45) is -4.83. The van der Waals surface area contributed by atoms with Crippen LogP contribution in [0.5, 0.6) is 46.0 Å². The number of nitrogens with one attached hydrogen (secondary N) is 8. The normalized spacial score (nSPS) is 24.1. The molecule has 19 N–H and O–H groups in total. The zero-order valence-corrected chi connectivity index (χ0v) is 60.4. The second kappa shape index (κ2) is 36.3. The standard InChI is InChI=1S/C72H88Cl2N10O23/c1-6-7-8-9-10-11-12-13-52(90)78-57-50(31-85)107-71(63(94)62(57)93)84(103-5)20-21-104-64-48-26-36-27-49(64)106-47-19-16-35(25-41(47)74)61(92)59-70(100)81-56(72(101)102)39-28-37(86)29-45(88)53(39)38-23-33(14-17-44(38)87)54(67(97)83-59)80-68(98)55(36)79-66(96)43(30-51(75)89)77-69(99)58(82-65(95)42(76-4)22-32(2)3)60(91)34-15-18-46(105-48)40(73)24-34/h14-19,23-29,32,42-43,50,54-63,71,76,85-88,91-94H,6-13,20-22,30-31H2,1-5H3,(H2,75,89)(H,77,99)(H,78,90)(H,79,96)(H,80,98)(H,81,100)(H,82,95)(H,83,97)(H,101,102)/t42-,43+,50-,54-,55-,56-,57-,58-,59+,60-,61-,62+,63-,71-/m1/s1. The number of ether oxygens (including phenoxy) is 4. The SMILES string of the molecule is CCCCCCCCCC(=O)N[C@H]1[C@H](O)[C@@H](O)[C@H](N(CCOc2c3cc4cc2Oc2ccc(cc2Cl)[C@@H](O)[C@@H](NC(=O)[C@@H](CC(C)C)NC)C(=O)N[C@@H](CC(N)=O)C(=O)N[C@H]4C(=O)N[C@H]2C(=O)N[C@H](C(=O)N[C@@H](C(=O)O)c4cc(O)cc(O)c4-c4cc2ccc4O)[C@H](O)c2ccc(c(Cl)c2)O3)OC)O[C@@H]1CO. The summed E-state index contributed by atoms with van der Waals surface area (Å²) in [5, 5.41) is 124. The monoisotopic (exact) mass is 1530 g/mol. The molecular weight excluding hydrogens is 1440 g/mol. The Morgan fingerprint density at radius 3 is 1.88 bits per heavy atom. The van der Waals surface area contributed by atoms with Gasteiger partial charge in [0.05, 0.1) is 48.8 Å². The number of carbonyl (C=O) groups is 9. The molecule has 8 amide bonds. The van der Waals surface area contributed by atoms with Crippen LogP contribution in [0, 0.1) is 5.92 Å². The number of carboxylic acid groups (broad SMARTS) is 1. The number of phenolic OH excluding ortho intramolecular Hbond substituents is 3. The summed E-state index contributed by atoms with van der Waals surface area (Å²) in [5.41, 5.74) is 3.15. The molecule has 0 aliphatic carbocycles. The fraction of sp³-hybridized carbons (Fsp3) is 0.458. The van der Waals surface area contributed by atoms with Crippen molar-refractivity contribution in [3.8, 4) is 57.1 Å². The Hall–Kier alpha value is -9.65. The van der Waals surface area contributed by atoms with E-state index >= 15 is 14.4 Å². The molecule has 14 atom stereocenters. The average molecular weight is 1530 g/mol. The highest BCUT2D eigenvalue weighted by molar-refractivity contribution is 6.32. The second-order valence-electron chi connectivity index (χ2n) is 26.7. The van der Waals surface area contributed by atoms with Crippen LogP contribution in [0.1, 0.15) is 143 Å². The second-order valence-corrected chi connectivity index (χ2v) is 27.5. The Labute approximate surface area is 623 Å². The third-order valence-electron chi connectivity index (χ3n) is 18.6. The molecule has 33 nitrogen and oxygen atoms in total. The fourth-order valence-corrected chi connectivity index (χ4v) is 13.5. The number of phenols is 3. The summed E-state index contributed by atoms with van der Waals surface area (Å²) in [6.45, 7) is 4.04. The zero-order valence-electron chi connectivity index (χ0n) is 58.9. The van der Waals surface area contributed by atoms with Crippen molar-refractivity contribution < 1.29 is 113 Å². The van der Waals surface area contributed by atoms with E-state index in [1.165, 1.54) is 44.5 Å². The van der Waals surface area contributed by atoms with E-state index in [1.54, 1.807) is 0 Å². The minimum Gasteiger partial charge on any atom is -0.508 e. The van der Waals surface area contributed by atoms with Gasteiger partial charge in [-0.2, -0.15) is 5.06 Å². The molecule has 5 aromatic carbocycles. The van der Waals surface area contributed by atoms with Crippen LogP contribution in [0.2, 0.25) is 10.0 Å². The number of fused-ring (bicyclic) bond motifs is 15. The maximum Gasteiger partial charge on any atom is 0.330 e. The number of halogens is 2. The Bertz CT molecular complexity index is 4130. The highest BCUT2D eigenvalue weighted by Crippen LogP contribution is 2.49. The van der Waals surface area contributed by atoms with Gasteiger partial charge in [-0.3, -0.25) is 43.2 Å². The van der Waals surface area contributed by atoms with Gasteiger partial charge in [0.15, 0.2) is 23.8 Å². The van der Waals surface area contributed by atoms with Gasteiger partial charge in [-0.1, -0.05) is 101 Å². The van der Waals surface area contributed by atoms with Crippen molar-refractivity contribution in [3.05, 3.63) is 117 Å². The quantitative estimate of drug-likeness (QED) is 0.0312.